The zero-order valence-electron chi connectivity index (χ0n) is 12.5. The Bertz CT molecular complexity index is 493. The molecule has 1 aliphatic heterocycles. The molecule has 1 aromatic heterocycles. The lowest BCUT2D eigenvalue weighted by molar-refractivity contribution is -0.150. The van der Waals surface area contributed by atoms with Crippen molar-refractivity contribution in [3.05, 3.63) is 22.4 Å². The number of urea groups is 1. The molecule has 1 N–H and O–H groups in total. The summed E-state index contributed by atoms with van der Waals surface area (Å²) in [5, 5.41) is 11.2. The van der Waals surface area contributed by atoms with Crippen molar-refractivity contribution in [2.45, 2.75) is 33.2 Å². The van der Waals surface area contributed by atoms with E-state index in [0.717, 1.165) is 4.88 Å². The minimum Gasteiger partial charge on any atom is -0.481 e. The van der Waals surface area contributed by atoms with Crippen molar-refractivity contribution < 1.29 is 14.7 Å². The standard InChI is InChI=1S/C15H22N2O3S/c1-3-16(11-12-5-4-10-21-12)14(20)17-8-6-15(2,7-9-17)13(18)19/h4-5,10H,3,6-9,11H2,1-2H3,(H,18,19). The highest BCUT2D eigenvalue weighted by molar-refractivity contribution is 7.09. The van der Waals surface area contributed by atoms with E-state index in [1.54, 1.807) is 23.2 Å². The van der Waals surface area contributed by atoms with Gasteiger partial charge in [-0.2, -0.15) is 0 Å². The molecule has 2 heterocycles. The Labute approximate surface area is 129 Å². The van der Waals surface area contributed by atoms with Gasteiger partial charge in [-0.15, -0.1) is 11.3 Å². The van der Waals surface area contributed by atoms with Gasteiger partial charge in [-0.1, -0.05) is 6.07 Å². The van der Waals surface area contributed by atoms with E-state index >= 15 is 0 Å². The van der Waals surface area contributed by atoms with Crippen LogP contribution >= 0.6 is 11.3 Å². The lowest BCUT2D eigenvalue weighted by Gasteiger charge is -2.38. The summed E-state index contributed by atoms with van der Waals surface area (Å²) in [5.74, 6) is -0.763. The predicted molar refractivity (Wildman–Crippen MR) is 82.3 cm³/mol. The van der Waals surface area contributed by atoms with Gasteiger partial charge >= 0.3 is 12.0 Å². The second-order valence-corrected chi connectivity index (χ2v) is 6.76. The van der Waals surface area contributed by atoms with Crippen LogP contribution in [0.3, 0.4) is 0 Å². The summed E-state index contributed by atoms with van der Waals surface area (Å²) in [5.41, 5.74) is -0.693. The number of carbonyl (C=O) groups is 2. The normalized spacial score (nSPS) is 17.5. The van der Waals surface area contributed by atoms with Crippen LogP contribution in [0.4, 0.5) is 4.79 Å². The molecule has 0 bridgehead atoms. The summed E-state index contributed by atoms with van der Waals surface area (Å²) in [6.07, 6.45) is 1.04. The second-order valence-electron chi connectivity index (χ2n) is 5.73. The number of piperidine rings is 1. The largest absolute Gasteiger partial charge is 0.481 e. The van der Waals surface area contributed by atoms with Gasteiger partial charge in [0.25, 0.3) is 0 Å². The van der Waals surface area contributed by atoms with Crippen LogP contribution in [0.25, 0.3) is 0 Å². The summed E-state index contributed by atoms with van der Waals surface area (Å²) < 4.78 is 0. The molecule has 0 unspecified atom stereocenters. The molecule has 1 saturated heterocycles. The molecule has 5 nitrogen and oxygen atoms in total. The van der Waals surface area contributed by atoms with Crippen LogP contribution in [0.15, 0.2) is 17.5 Å². The maximum Gasteiger partial charge on any atom is 0.320 e. The number of thiophene rings is 1. The Morgan fingerprint density at radius 2 is 2.10 bits per heavy atom. The number of likely N-dealkylation sites (tertiary alicyclic amines) is 1. The van der Waals surface area contributed by atoms with E-state index in [0.29, 0.717) is 39.0 Å². The number of aliphatic carboxylic acids is 1. The van der Waals surface area contributed by atoms with E-state index in [9.17, 15) is 14.7 Å². The summed E-state index contributed by atoms with van der Waals surface area (Å²) in [6, 6.07) is 4.02. The summed E-state index contributed by atoms with van der Waals surface area (Å²) in [6.45, 7) is 6.05. The zero-order valence-corrected chi connectivity index (χ0v) is 13.4. The van der Waals surface area contributed by atoms with Gasteiger partial charge in [-0.3, -0.25) is 4.79 Å². The highest BCUT2D eigenvalue weighted by Crippen LogP contribution is 2.31. The Kier molecular flexibility index (Phi) is 4.88. The number of nitrogens with zero attached hydrogens (tertiary/aromatic N) is 2. The van der Waals surface area contributed by atoms with Crippen LogP contribution < -0.4 is 0 Å². The molecular formula is C15H22N2O3S. The van der Waals surface area contributed by atoms with E-state index in [1.165, 1.54) is 0 Å². The second kappa shape index (κ2) is 6.47. The van der Waals surface area contributed by atoms with Crippen molar-refractivity contribution in [3.63, 3.8) is 0 Å². The molecule has 116 valence electrons. The maximum atomic E-state index is 12.5. The molecule has 2 rings (SSSR count). The first-order valence-electron chi connectivity index (χ1n) is 7.26. The maximum absolute atomic E-state index is 12.5. The fraction of sp³-hybridized carbons (Fsp3) is 0.600. The first-order valence-corrected chi connectivity index (χ1v) is 8.14. The van der Waals surface area contributed by atoms with Gasteiger partial charge in [0.15, 0.2) is 0 Å². The van der Waals surface area contributed by atoms with Crippen LogP contribution in [0.1, 0.15) is 31.6 Å². The van der Waals surface area contributed by atoms with E-state index in [-0.39, 0.29) is 6.03 Å². The van der Waals surface area contributed by atoms with Gasteiger partial charge in [0.1, 0.15) is 0 Å². The fourth-order valence-corrected chi connectivity index (χ4v) is 3.23. The Morgan fingerprint density at radius 3 is 2.57 bits per heavy atom. The molecule has 0 aromatic carbocycles. The summed E-state index contributed by atoms with van der Waals surface area (Å²) in [7, 11) is 0. The molecule has 0 saturated carbocycles. The Morgan fingerprint density at radius 1 is 1.43 bits per heavy atom. The van der Waals surface area contributed by atoms with Crippen LogP contribution in [0.5, 0.6) is 0 Å². The third-order valence-electron chi connectivity index (χ3n) is 4.23. The highest BCUT2D eigenvalue weighted by atomic mass is 32.1. The Balaban J connectivity index is 1.95. The van der Waals surface area contributed by atoms with Crippen LogP contribution in [-0.2, 0) is 11.3 Å². The number of amides is 2. The van der Waals surface area contributed by atoms with Crippen molar-refractivity contribution in [2.24, 2.45) is 5.41 Å². The summed E-state index contributed by atoms with van der Waals surface area (Å²) >= 11 is 1.64. The zero-order chi connectivity index (χ0) is 15.5. The van der Waals surface area contributed by atoms with Crippen LogP contribution in [0.2, 0.25) is 0 Å². The molecular weight excluding hydrogens is 288 g/mol. The van der Waals surface area contributed by atoms with Gasteiger partial charge in [0.2, 0.25) is 0 Å². The van der Waals surface area contributed by atoms with Crippen LogP contribution in [-0.4, -0.2) is 46.5 Å². The number of hydrogen-bond acceptors (Lipinski definition) is 3. The smallest absolute Gasteiger partial charge is 0.320 e. The minimum atomic E-state index is -0.763. The van der Waals surface area contributed by atoms with Gasteiger partial charge < -0.3 is 14.9 Å². The van der Waals surface area contributed by atoms with Crippen LogP contribution in [0, 0.1) is 5.41 Å². The molecule has 6 heteroatoms. The highest BCUT2D eigenvalue weighted by Gasteiger charge is 2.38. The quantitative estimate of drug-likeness (QED) is 0.930. The van der Waals surface area contributed by atoms with Crippen molar-refractivity contribution >= 4 is 23.3 Å². The van der Waals surface area contributed by atoms with Crippen molar-refractivity contribution in [2.75, 3.05) is 19.6 Å². The molecule has 0 radical (unpaired) electrons. The number of carboxylic acids is 1. The molecule has 1 aliphatic rings. The lowest BCUT2D eigenvalue weighted by atomic mass is 9.80. The van der Waals surface area contributed by atoms with Gasteiger partial charge in [-0.05, 0) is 38.1 Å². The molecule has 0 atom stereocenters. The average molecular weight is 310 g/mol. The average Bonchev–Trinajstić information content (AvgIpc) is 2.97. The molecule has 1 aromatic rings. The number of rotatable bonds is 4. The molecule has 0 spiro atoms. The Hall–Kier alpha value is -1.56. The van der Waals surface area contributed by atoms with E-state index < -0.39 is 11.4 Å². The van der Waals surface area contributed by atoms with Crippen molar-refractivity contribution in [1.29, 1.82) is 0 Å². The first kappa shape index (κ1) is 15.8. The fourth-order valence-electron chi connectivity index (χ4n) is 2.51. The molecule has 2 amide bonds. The molecule has 1 fully saturated rings. The summed E-state index contributed by atoms with van der Waals surface area (Å²) in [4.78, 5) is 28.5. The first-order chi connectivity index (χ1) is 9.96. The SMILES string of the molecule is CCN(Cc1cccs1)C(=O)N1CCC(C)(C(=O)O)CC1. The third-order valence-corrected chi connectivity index (χ3v) is 5.09. The topological polar surface area (TPSA) is 60.9 Å². The number of carbonyl (C=O) groups excluding carboxylic acids is 1. The predicted octanol–water partition coefficient (Wildman–Crippen LogP) is 2.88. The molecule has 21 heavy (non-hydrogen) atoms. The van der Waals surface area contributed by atoms with Crippen molar-refractivity contribution in [3.8, 4) is 0 Å². The van der Waals surface area contributed by atoms with E-state index in [1.807, 2.05) is 29.3 Å². The number of carboxylic acid groups (broad SMARTS) is 1. The minimum absolute atomic E-state index is 0.0124. The monoisotopic (exact) mass is 310 g/mol. The molecule has 0 aliphatic carbocycles. The number of hydrogen-bond donors (Lipinski definition) is 1. The van der Waals surface area contributed by atoms with Gasteiger partial charge in [0.05, 0.1) is 12.0 Å². The van der Waals surface area contributed by atoms with Gasteiger partial charge in [0, 0.05) is 24.5 Å². The van der Waals surface area contributed by atoms with E-state index in [2.05, 4.69) is 0 Å². The van der Waals surface area contributed by atoms with Crippen molar-refractivity contribution in [1.82, 2.24) is 9.80 Å². The lowest BCUT2D eigenvalue weighted by Crippen LogP contribution is -2.49. The van der Waals surface area contributed by atoms with Gasteiger partial charge in [-0.25, -0.2) is 4.79 Å². The van der Waals surface area contributed by atoms with E-state index in [4.69, 9.17) is 0 Å². The third kappa shape index (κ3) is 3.56.